The van der Waals surface area contributed by atoms with Crippen LogP contribution in [0, 0.1) is 28.6 Å². The number of aliphatic hydroxyl groups excluding tert-OH is 1. The zero-order chi connectivity index (χ0) is 26.7. The first-order valence-corrected chi connectivity index (χ1v) is 12.6. The molecule has 4 aliphatic rings. The Labute approximate surface area is 209 Å². The van der Waals surface area contributed by atoms with E-state index in [0.29, 0.717) is 18.4 Å². The molecule has 0 radical (unpaired) electrons. The van der Waals surface area contributed by atoms with Gasteiger partial charge in [0.2, 0.25) is 5.78 Å². The topological polar surface area (TPSA) is 127 Å². The van der Waals surface area contributed by atoms with Crippen molar-refractivity contribution in [3.63, 3.8) is 0 Å². The van der Waals surface area contributed by atoms with Gasteiger partial charge in [-0.15, -0.1) is 0 Å². The van der Waals surface area contributed by atoms with Crippen molar-refractivity contribution in [2.45, 2.75) is 76.7 Å². The summed E-state index contributed by atoms with van der Waals surface area (Å²) in [6.07, 6.45) is 3.65. The number of allylic oxidation sites excluding steroid dienone is 4. The zero-order valence-corrected chi connectivity index (χ0v) is 21.2. The standard InChI is InChI=1S/C27H35FO8/c1-5-6-22(32)36-14-21(31)27(34)19(23(33)35-4)12-18-17-8-7-15-11-16(29)9-10-24(15,2)26(17,28)20(30)13-25(18,27)3/h9-11,17-20,30,34H,5-8,12-14H2,1-4H3/t17?,18?,19-,20-,24-,25-,26-,27-/m0/s1. The maximum atomic E-state index is 17.3. The molecule has 9 heteroatoms. The molecule has 2 unspecified atom stereocenters. The first-order chi connectivity index (χ1) is 16.8. The molecule has 0 bridgehead atoms. The van der Waals surface area contributed by atoms with Gasteiger partial charge in [0.25, 0.3) is 0 Å². The van der Waals surface area contributed by atoms with E-state index in [1.54, 1.807) is 20.8 Å². The average Bonchev–Trinajstić information content (AvgIpc) is 3.06. The quantitative estimate of drug-likeness (QED) is 0.526. The highest BCUT2D eigenvalue weighted by Crippen LogP contribution is 2.70. The van der Waals surface area contributed by atoms with Crippen molar-refractivity contribution < 1.29 is 43.3 Å². The molecule has 4 rings (SSSR count). The van der Waals surface area contributed by atoms with Crippen LogP contribution in [0.15, 0.2) is 23.8 Å². The first-order valence-electron chi connectivity index (χ1n) is 12.6. The van der Waals surface area contributed by atoms with Gasteiger partial charge >= 0.3 is 11.9 Å². The van der Waals surface area contributed by atoms with Crippen molar-refractivity contribution >= 4 is 23.5 Å². The van der Waals surface area contributed by atoms with E-state index >= 15 is 4.39 Å². The fourth-order valence-electron chi connectivity index (χ4n) is 7.71. The smallest absolute Gasteiger partial charge is 0.312 e. The Morgan fingerprint density at radius 3 is 2.56 bits per heavy atom. The second-order valence-electron chi connectivity index (χ2n) is 11.2. The summed E-state index contributed by atoms with van der Waals surface area (Å²) in [6, 6.07) is 0. The summed E-state index contributed by atoms with van der Waals surface area (Å²) in [5, 5.41) is 23.4. The molecule has 0 aromatic heterocycles. The van der Waals surface area contributed by atoms with E-state index in [-0.39, 0.29) is 31.5 Å². The monoisotopic (exact) mass is 506 g/mol. The fourth-order valence-corrected chi connectivity index (χ4v) is 7.71. The molecule has 3 saturated carbocycles. The van der Waals surface area contributed by atoms with E-state index in [0.717, 1.165) is 7.11 Å². The Kier molecular flexibility index (Phi) is 6.57. The van der Waals surface area contributed by atoms with Crippen molar-refractivity contribution in [1.29, 1.82) is 0 Å². The van der Waals surface area contributed by atoms with Crippen LogP contribution < -0.4 is 0 Å². The molecule has 36 heavy (non-hydrogen) atoms. The number of carbonyl (C=O) groups is 4. The predicted molar refractivity (Wildman–Crippen MR) is 125 cm³/mol. The number of ketones is 2. The van der Waals surface area contributed by atoms with E-state index < -0.39 is 70.3 Å². The summed E-state index contributed by atoms with van der Waals surface area (Å²) in [4.78, 5) is 50.2. The van der Waals surface area contributed by atoms with Crippen LogP contribution in [0.2, 0.25) is 0 Å². The summed E-state index contributed by atoms with van der Waals surface area (Å²) in [5.41, 5.74) is -6.53. The third kappa shape index (κ3) is 3.38. The number of halogens is 1. The fraction of sp³-hybridized carbons (Fsp3) is 0.704. The Balaban J connectivity index is 1.76. The van der Waals surface area contributed by atoms with Gasteiger partial charge in [0, 0.05) is 23.2 Å². The SMILES string of the molecule is CCCC(=O)OCC(=O)[C@@]1(O)[C@H](C(=O)OC)CC2C3CCC4=CC(=O)C=C[C@]4(C)[C@@]3(F)[C@@H](O)C[C@@]21C. The second-order valence-corrected chi connectivity index (χ2v) is 11.2. The lowest BCUT2D eigenvalue weighted by Gasteiger charge is -2.62. The molecule has 4 aliphatic carbocycles. The molecule has 0 aliphatic heterocycles. The van der Waals surface area contributed by atoms with Crippen molar-refractivity contribution in [3.8, 4) is 0 Å². The van der Waals surface area contributed by atoms with Crippen LogP contribution in [-0.2, 0) is 28.7 Å². The Morgan fingerprint density at radius 1 is 1.22 bits per heavy atom. The first kappa shape index (κ1) is 26.7. The van der Waals surface area contributed by atoms with Crippen LogP contribution >= 0.6 is 0 Å². The molecular weight excluding hydrogens is 471 g/mol. The molecule has 2 N–H and O–H groups in total. The summed E-state index contributed by atoms with van der Waals surface area (Å²) < 4.78 is 27.3. The van der Waals surface area contributed by atoms with Gasteiger partial charge in [-0.05, 0) is 57.1 Å². The molecule has 8 atom stereocenters. The molecule has 0 spiro atoms. The minimum absolute atomic E-state index is 0.0187. The van der Waals surface area contributed by atoms with E-state index in [2.05, 4.69) is 0 Å². The van der Waals surface area contributed by atoms with Crippen LogP contribution in [0.1, 0.15) is 59.3 Å². The number of Topliss-reactive ketones (excluding diaryl/α,β-unsaturated/α-hetero) is 1. The largest absolute Gasteiger partial charge is 0.469 e. The van der Waals surface area contributed by atoms with Crippen LogP contribution in [-0.4, -0.2) is 64.8 Å². The van der Waals surface area contributed by atoms with Gasteiger partial charge in [0.1, 0.15) is 5.60 Å². The number of ether oxygens (including phenoxy) is 2. The number of methoxy groups -OCH3 is 1. The lowest BCUT2D eigenvalue weighted by molar-refractivity contribution is -0.221. The molecule has 0 saturated heterocycles. The maximum Gasteiger partial charge on any atom is 0.312 e. The van der Waals surface area contributed by atoms with E-state index in [4.69, 9.17) is 9.47 Å². The van der Waals surface area contributed by atoms with Crippen LogP contribution in [0.4, 0.5) is 4.39 Å². The summed E-state index contributed by atoms with van der Waals surface area (Å²) >= 11 is 0. The summed E-state index contributed by atoms with van der Waals surface area (Å²) in [6.45, 7) is 4.31. The zero-order valence-electron chi connectivity index (χ0n) is 21.2. The van der Waals surface area contributed by atoms with Gasteiger partial charge in [-0.1, -0.05) is 25.5 Å². The number of rotatable bonds is 6. The molecule has 0 aromatic carbocycles. The van der Waals surface area contributed by atoms with Crippen LogP contribution in [0.25, 0.3) is 0 Å². The van der Waals surface area contributed by atoms with E-state index in [1.807, 2.05) is 0 Å². The van der Waals surface area contributed by atoms with Gasteiger partial charge < -0.3 is 19.7 Å². The van der Waals surface area contributed by atoms with Crippen molar-refractivity contribution in [1.82, 2.24) is 0 Å². The van der Waals surface area contributed by atoms with E-state index in [1.165, 1.54) is 18.2 Å². The molecule has 0 aromatic rings. The minimum atomic E-state index is -2.32. The van der Waals surface area contributed by atoms with Gasteiger partial charge in [-0.3, -0.25) is 19.2 Å². The lowest BCUT2D eigenvalue weighted by Crippen LogP contribution is -2.69. The summed E-state index contributed by atoms with van der Waals surface area (Å²) in [7, 11) is 1.15. The maximum absolute atomic E-state index is 17.3. The number of alkyl halides is 1. The predicted octanol–water partition coefficient (Wildman–Crippen LogP) is 2.40. The van der Waals surface area contributed by atoms with Crippen molar-refractivity contribution in [2.75, 3.05) is 13.7 Å². The third-order valence-electron chi connectivity index (χ3n) is 9.62. The molecular formula is C27H35FO8. The number of fused-ring (bicyclic) bond motifs is 5. The highest BCUT2D eigenvalue weighted by molar-refractivity contribution is 6.01. The number of esters is 2. The van der Waals surface area contributed by atoms with Gasteiger partial charge in [-0.25, -0.2) is 4.39 Å². The molecule has 198 valence electrons. The number of hydrogen-bond donors (Lipinski definition) is 2. The normalized spacial score (nSPS) is 43.1. The number of hydrogen-bond acceptors (Lipinski definition) is 8. The lowest BCUT2D eigenvalue weighted by atomic mass is 9.44. The average molecular weight is 507 g/mol. The van der Waals surface area contributed by atoms with E-state index in [9.17, 15) is 29.4 Å². The van der Waals surface area contributed by atoms with Crippen molar-refractivity contribution in [3.05, 3.63) is 23.8 Å². The molecule has 0 amide bonds. The highest BCUT2D eigenvalue weighted by Gasteiger charge is 2.77. The molecule has 8 nitrogen and oxygen atoms in total. The van der Waals surface area contributed by atoms with Crippen molar-refractivity contribution in [2.24, 2.45) is 28.6 Å². The second kappa shape index (κ2) is 8.87. The minimum Gasteiger partial charge on any atom is -0.469 e. The molecule has 3 fully saturated rings. The van der Waals surface area contributed by atoms with Gasteiger partial charge in [-0.2, -0.15) is 0 Å². The third-order valence-corrected chi connectivity index (χ3v) is 9.62. The highest BCUT2D eigenvalue weighted by atomic mass is 19.1. The number of carbonyl (C=O) groups excluding carboxylic acids is 4. The van der Waals surface area contributed by atoms with Crippen LogP contribution in [0.5, 0.6) is 0 Å². The summed E-state index contributed by atoms with van der Waals surface area (Å²) in [5.74, 6) is -5.28. The Bertz CT molecular complexity index is 1050. The van der Waals surface area contributed by atoms with Crippen LogP contribution in [0.3, 0.4) is 0 Å². The number of aliphatic hydroxyl groups is 2. The molecule has 0 heterocycles. The Hall–Kier alpha value is -2.39. The Morgan fingerprint density at radius 2 is 1.92 bits per heavy atom. The van der Waals surface area contributed by atoms with Gasteiger partial charge in [0.15, 0.2) is 18.1 Å². The van der Waals surface area contributed by atoms with Gasteiger partial charge in [0.05, 0.1) is 19.1 Å².